The maximum absolute atomic E-state index is 12.8. The van der Waals surface area contributed by atoms with Crippen molar-refractivity contribution in [1.82, 2.24) is 14.7 Å². The van der Waals surface area contributed by atoms with E-state index >= 15 is 0 Å². The van der Waals surface area contributed by atoms with Crippen LogP contribution < -0.4 is 5.76 Å². The Morgan fingerprint density at radius 2 is 1.89 bits per heavy atom. The van der Waals surface area contributed by atoms with Gasteiger partial charge in [-0.3, -0.25) is 4.79 Å². The normalized spacial score (nSPS) is 16.3. The first-order valence-corrected chi connectivity index (χ1v) is 9.52. The standard InChI is InChI=1S/C21H23N3O4/c1-14(16-6-4-3-5-7-16)20(25)23-11-8-17(9-12-23)24-21(26)28-19(22-24)18-10-13-27-15(18)2/h3-7,10,13-14,17H,8-9,11-12H2,1-2H3/t14-/m0/s1. The van der Waals surface area contributed by atoms with Gasteiger partial charge >= 0.3 is 5.76 Å². The summed E-state index contributed by atoms with van der Waals surface area (Å²) in [6.07, 6.45) is 2.88. The van der Waals surface area contributed by atoms with Crippen molar-refractivity contribution in [3.8, 4) is 11.5 Å². The summed E-state index contributed by atoms with van der Waals surface area (Å²) < 4.78 is 12.0. The molecule has 3 heterocycles. The predicted molar refractivity (Wildman–Crippen MR) is 103 cm³/mol. The summed E-state index contributed by atoms with van der Waals surface area (Å²) in [6, 6.07) is 11.4. The summed E-state index contributed by atoms with van der Waals surface area (Å²) in [4.78, 5) is 27.0. The fraction of sp³-hybridized carbons (Fsp3) is 0.381. The zero-order chi connectivity index (χ0) is 19.7. The van der Waals surface area contributed by atoms with Gasteiger partial charge < -0.3 is 13.7 Å². The lowest BCUT2D eigenvalue weighted by atomic mass is 9.97. The summed E-state index contributed by atoms with van der Waals surface area (Å²) in [5, 5.41) is 4.36. The molecule has 1 aromatic carbocycles. The first-order valence-electron chi connectivity index (χ1n) is 9.52. The van der Waals surface area contributed by atoms with E-state index in [4.69, 9.17) is 8.83 Å². The van der Waals surface area contributed by atoms with Crippen LogP contribution in [0, 0.1) is 6.92 Å². The van der Waals surface area contributed by atoms with Crippen LogP contribution in [0.15, 0.2) is 56.3 Å². The summed E-state index contributed by atoms with van der Waals surface area (Å²) >= 11 is 0. The highest BCUT2D eigenvalue weighted by molar-refractivity contribution is 5.83. The number of furan rings is 1. The van der Waals surface area contributed by atoms with Gasteiger partial charge in [0.05, 0.1) is 23.8 Å². The molecular formula is C21H23N3O4. The quantitative estimate of drug-likeness (QED) is 0.692. The maximum Gasteiger partial charge on any atom is 0.437 e. The number of piperidine rings is 1. The number of benzene rings is 1. The average Bonchev–Trinajstić information content (AvgIpc) is 3.33. The summed E-state index contributed by atoms with van der Waals surface area (Å²) in [7, 11) is 0. The van der Waals surface area contributed by atoms with E-state index in [0.717, 1.165) is 5.56 Å². The number of aryl methyl sites for hydroxylation is 1. The molecule has 146 valence electrons. The second kappa shape index (κ2) is 7.50. The molecule has 28 heavy (non-hydrogen) atoms. The Bertz CT molecular complexity index is 1010. The van der Waals surface area contributed by atoms with Gasteiger partial charge in [-0.05, 0) is 38.3 Å². The van der Waals surface area contributed by atoms with Crippen molar-refractivity contribution in [2.75, 3.05) is 13.1 Å². The Balaban J connectivity index is 1.43. The predicted octanol–water partition coefficient (Wildman–Crippen LogP) is 3.37. The lowest BCUT2D eigenvalue weighted by Crippen LogP contribution is -2.42. The lowest BCUT2D eigenvalue weighted by Gasteiger charge is -2.33. The van der Waals surface area contributed by atoms with E-state index in [1.807, 2.05) is 42.2 Å². The molecule has 0 N–H and O–H groups in total. The summed E-state index contributed by atoms with van der Waals surface area (Å²) in [5.41, 5.74) is 1.70. The molecule has 1 saturated heterocycles. The Hall–Kier alpha value is -3.09. The molecular weight excluding hydrogens is 358 g/mol. The summed E-state index contributed by atoms with van der Waals surface area (Å²) in [5.74, 6) is 0.393. The van der Waals surface area contributed by atoms with Crippen LogP contribution in [0.5, 0.6) is 0 Å². The fourth-order valence-electron chi connectivity index (χ4n) is 3.72. The highest BCUT2D eigenvalue weighted by Gasteiger charge is 2.29. The van der Waals surface area contributed by atoms with Gasteiger partial charge in [0.25, 0.3) is 5.89 Å². The van der Waals surface area contributed by atoms with Crippen LogP contribution in [-0.2, 0) is 4.79 Å². The molecule has 0 spiro atoms. The highest BCUT2D eigenvalue weighted by atomic mass is 16.4. The van der Waals surface area contributed by atoms with E-state index in [-0.39, 0.29) is 23.8 Å². The molecule has 0 unspecified atom stereocenters. The third-order valence-electron chi connectivity index (χ3n) is 5.45. The van der Waals surface area contributed by atoms with E-state index < -0.39 is 5.76 Å². The number of likely N-dealkylation sites (tertiary alicyclic amines) is 1. The number of aromatic nitrogens is 2. The number of hydrogen-bond donors (Lipinski definition) is 0. The molecule has 1 aliphatic heterocycles. The lowest BCUT2D eigenvalue weighted by molar-refractivity contribution is -0.133. The molecule has 1 fully saturated rings. The minimum absolute atomic E-state index is 0.0757. The first-order chi connectivity index (χ1) is 13.5. The van der Waals surface area contributed by atoms with Crippen molar-refractivity contribution in [3.63, 3.8) is 0 Å². The highest BCUT2D eigenvalue weighted by Crippen LogP contribution is 2.27. The smallest absolute Gasteiger partial charge is 0.437 e. The monoisotopic (exact) mass is 381 g/mol. The maximum atomic E-state index is 12.8. The number of carbonyl (C=O) groups excluding carboxylic acids is 1. The number of amides is 1. The molecule has 0 radical (unpaired) electrons. The Morgan fingerprint density at radius 3 is 2.54 bits per heavy atom. The van der Waals surface area contributed by atoms with Crippen LogP contribution >= 0.6 is 0 Å². The van der Waals surface area contributed by atoms with Crippen molar-refractivity contribution in [2.45, 2.75) is 38.6 Å². The average molecular weight is 381 g/mol. The van der Waals surface area contributed by atoms with Crippen molar-refractivity contribution < 1.29 is 13.6 Å². The number of carbonyl (C=O) groups is 1. The van der Waals surface area contributed by atoms with Gasteiger partial charge in [-0.15, -0.1) is 5.10 Å². The number of rotatable bonds is 4. The molecule has 7 heteroatoms. The van der Waals surface area contributed by atoms with Crippen molar-refractivity contribution in [1.29, 1.82) is 0 Å². The van der Waals surface area contributed by atoms with Crippen LogP contribution in [0.4, 0.5) is 0 Å². The Morgan fingerprint density at radius 1 is 1.18 bits per heavy atom. The van der Waals surface area contributed by atoms with E-state index in [9.17, 15) is 9.59 Å². The van der Waals surface area contributed by atoms with Gasteiger partial charge in [-0.2, -0.15) is 4.68 Å². The minimum Gasteiger partial charge on any atom is -0.469 e. The van der Waals surface area contributed by atoms with Gasteiger partial charge in [0.1, 0.15) is 5.76 Å². The van der Waals surface area contributed by atoms with Crippen molar-refractivity contribution in [2.24, 2.45) is 0 Å². The van der Waals surface area contributed by atoms with E-state index in [1.165, 1.54) is 4.68 Å². The molecule has 0 bridgehead atoms. The van der Waals surface area contributed by atoms with Crippen molar-refractivity contribution in [3.05, 3.63) is 64.5 Å². The Kier molecular flexibility index (Phi) is 4.90. The zero-order valence-corrected chi connectivity index (χ0v) is 16.0. The minimum atomic E-state index is -0.474. The molecule has 1 amide bonds. The fourth-order valence-corrected chi connectivity index (χ4v) is 3.72. The van der Waals surface area contributed by atoms with Crippen LogP contribution in [0.25, 0.3) is 11.5 Å². The van der Waals surface area contributed by atoms with E-state index in [1.54, 1.807) is 19.3 Å². The van der Waals surface area contributed by atoms with Gasteiger partial charge in [0, 0.05) is 13.1 Å². The molecule has 0 saturated carbocycles. The van der Waals surface area contributed by atoms with Crippen LogP contribution in [0.2, 0.25) is 0 Å². The van der Waals surface area contributed by atoms with Gasteiger partial charge in [0.2, 0.25) is 5.91 Å². The number of hydrogen-bond acceptors (Lipinski definition) is 5. The molecule has 3 aromatic rings. The largest absolute Gasteiger partial charge is 0.469 e. The van der Waals surface area contributed by atoms with Crippen LogP contribution in [0.1, 0.15) is 43.0 Å². The summed E-state index contributed by atoms with van der Waals surface area (Å²) in [6.45, 7) is 4.93. The van der Waals surface area contributed by atoms with E-state index in [0.29, 0.717) is 37.3 Å². The third kappa shape index (κ3) is 3.40. The number of nitrogens with zero attached hydrogens (tertiary/aromatic N) is 3. The van der Waals surface area contributed by atoms with Gasteiger partial charge in [-0.25, -0.2) is 4.79 Å². The molecule has 0 aliphatic carbocycles. The molecule has 4 rings (SSSR count). The molecule has 1 atom stereocenters. The molecule has 7 nitrogen and oxygen atoms in total. The first kappa shape index (κ1) is 18.3. The van der Waals surface area contributed by atoms with E-state index in [2.05, 4.69) is 5.10 Å². The molecule has 1 aliphatic rings. The second-order valence-corrected chi connectivity index (χ2v) is 7.20. The second-order valence-electron chi connectivity index (χ2n) is 7.20. The van der Waals surface area contributed by atoms with Gasteiger partial charge in [-0.1, -0.05) is 30.3 Å². The zero-order valence-electron chi connectivity index (χ0n) is 16.0. The Labute approximate surface area is 162 Å². The van der Waals surface area contributed by atoms with Crippen LogP contribution in [0.3, 0.4) is 0 Å². The van der Waals surface area contributed by atoms with Crippen LogP contribution in [-0.4, -0.2) is 33.7 Å². The SMILES string of the molecule is Cc1occc1-c1nn(C2CCN(C(=O)[C@@H](C)c3ccccc3)CC2)c(=O)o1. The third-order valence-corrected chi connectivity index (χ3v) is 5.45. The topological polar surface area (TPSA) is 81.5 Å². The van der Waals surface area contributed by atoms with Gasteiger partial charge in [0.15, 0.2) is 0 Å². The van der Waals surface area contributed by atoms with Crippen molar-refractivity contribution >= 4 is 5.91 Å². The molecule has 2 aromatic heterocycles.